The van der Waals surface area contributed by atoms with Crippen LogP contribution in [-0.2, 0) is 15.6 Å². The molecule has 90 valence electrons. The summed E-state index contributed by atoms with van der Waals surface area (Å²) in [7, 11) is 2.73. The van der Waals surface area contributed by atoms with Crippen molar-refractivity contribution in [3.63, 3.8) is 0 Å². The van der Waals surface area contributed by atoms with Crippen molar-refractivity contribution in [2.75, 3.05) is 26.1 Å². The molecular weight excluding hydrogens is 212 g/mol. The van der Waals surface area contributed by atoms with Crippen LogP contribution in [0.5, 0.6) is 0 Å². The SMILES string of the molecule is CC(CCS(C)=O)NC(C)C(=O)N(C)C. The second kappa shape index (κ2) is 6.95. The molecule has 0 aliphatic heterocycles. The Morgan fingerprint density at radius 2 is 1.93 bits per heavy atom. The summed E-state index contributed by atoms with van der Waals surface area (Å²) in [5.41, 5.74) is 0. The first kappa shape index (κ1) is 14.6. The minimum Gasteiger partial charge on any atom is -0.347 e. The molecule has 3 atom stereocenters. The highest BCUT2D eigenvalue weighted by Gasteiger charge is 2.16. The van der Waals surface area contributed by atoms with Gasteiger partial charge in [-0.25, -0.2) is 0 Å². The second-order valence-corrected chi connectivity index (χ2v) is 5.64. The Kier molecular flexibility index (Phi) is 6.76. The normalized spacial score (nSPS) is 16.9. The van der Waals surface area contributed by atoms with E-state index in [4.69, 9.17) is 0 Å². The number of nitrogens with one attached hydrogen (secondary N) is 1. The summed E-state index contributed by atoms with van der Waals surface area (Å²) >= 11 is 0. The number of hydrogen-bond donors (Lipinski definition) is 1. The summed E-state index contributed by atoms with van der Waals surface area (Å²) in [6.07, 6.45) is 2.52. The molecule has 3 unspecified atom stereocenters. The molecule has 0 aliphatic rings. The van der Waals surface area contributed by atoms with E-state index in [1.54, 1.807) is 25.3 Å². The quantitative estimate of drug-likeness (QED) is 0.715. The first-order valence-corrected chi connectivity index (χ1v) is 6.84. The van der Waals surface area contributed by atoms with E-state index in [1.165, 1.54) is 0 Å². The number of rotatable bonds is 6. The Balaban J connectivity index is 3.90. The van der Waals surface area contributed by atoms with Gasteiger partial charge in [0.1, 0.15) is 0 Å². The number of carbonyl (C=O) groups is 1. The van der Waals surface area contributed by atoms with Crippen molar-refractivity contribution in [3.05, 3.63) is 0 Å². The fourth-order valence-corrected chi connectivity index (χ4v) is 2.00. The van der Waals surface area contributed by atoms with Gasteiger partial charge in [0.25, 0.3) is 0 Å². The van der Waals surface area contributed by atoms with Crippen LogP contribution in [-0.4, -0.2) is 53.2 Å². The van der Waals surface area contributed by atoms with Gasteiger partial charge in [-0.2, -0.15) is 0 Å². The van der Waals surface area contributed by atoms with Crippen molar-refractivity contribution in [1.82, 2.24) is 10.2 Å². The van der Waals surface area contributed by atoms with Gasteiger partial charge < -0.3 is 10.2 Å². The molecule has 0 aromatic carbocycles. The van der Waals surface area contributed by atoms with Gasteiger partial charge >= 0.3 is 0 Å². The number of likely N-dealkylation sites (N-methyl/N-ethyl adjacent to an activating group) is 1. The van der Waals surface area contributed by atoms with Gasteiger partial charge in [-0.3, -0.25) is 9.00 Å². The number of hydrogen-bond acceptors (Lipinski definition) is 3. The molecule has 5 heteroatoms. The van der Waals surface area contributed by atoms with Crippen LogP contribution in [0.4, 0.5) is 0 Å². The predicted octanol–water partition coefficient (Wildman–Crippen LogP) is 0.210. The maximum Gasteiger partial charge on any atom is 0.238 e. The Hall–Kier alpha value is -0.420. The van der Waals surface area contributed by atoms with E-state index in [0.717, 1.165) is 6.42 Å². The van der Waals surface area contributed by atoms with E-state index >= 15 is 0 Å². The Morgan fingerprint density at radius 1 is 1.40 bits per heavy atom. The molecule has 0 aliphatic carbocycles. The van der Waals surface area contributed by atoms with Crippen LogP contribution >= 0.6 is 0 Å². The molecule has 0 heterocycles. The third-order valence-electron chi connectivity index (χ3n) is 2.18. The summed E-state index contributed by atoms with van der Waals surface area (Å²) < 4.78 is 10.9. The number of nitrogens with zero attached hydrogens (tertiary/aromatic N) is 1. The van der Waals surface area contributed by atoms with Crippen molar-refractivity contribution in [1.29, 1.82) is 0 Å². The third-order valence-corrected chi connectivity index (χ3v) is 2.99. The molecule has 0 saturated heterocycles. The smallest absolute Gasteiger partial charge is 0.238 e. The van der Waals surface area contributed by atoms with Gasteiger partial charge in [-0.15, -0.1) is 0 Å². The van der Waals surface area contributed by atoms with Crippen LogP contribution < -0.4 is 5.32 Å². The van der Waals surface area contributed by atoms with Gasteiger partial charge in [0, 0.05) is 42.9 Å². The molecule has 0 saturated carbocycles. The first-order chi connectivity index (χ1) is 6.84. The number of carbonyl (C=O) groups excluding carboxylic acids is 1. The molecule has 0 rings (SSSR count). The van der Waals surface area contributed by atoms with Gasteiger partial charge in [0.2, 0.25) is 5.91 Å². The highest BCUT2D eigenvalue weighted by Crippen LogP contribution is 1.97. The lowest BCUT2D eigenvalue weighted by molar-refractivity contribution is -0.130. The van der Waals surface area contributed by atoms with Gasteiger partial charge in [0.05, 0.1) is 6.04 Å². The molecule has 15 heavy (non-hydrogen) atoms. The average molecular weight is 234 g/mol. The fraction of sp³-hybridized carbons (Fsp3) is 0.900. The van der Waals surface area contributed by atoms with Crippen LogP contribution in [0, 0.1) is 0 Å². The van der Waals surface area contributed by atoms with Gasteiger partial charge in [0.15, 0.2) is 0 Å². The Bertz CT molecular complexity index is 231. The molecule has 1 amide bonds. The lowest BCUT2D eigenvalue weighted by atomic mass is 10.2. The van der Waals surface area contributed by atoms with Crippen LogP contribution in [0.15, 0.2) is 0 Å². The Morgan fingerprint density at radius 3 is 2.33 bits per heavy atom. The summed E-state index contributed by atoms with van der Waals surface area (Å²) in [5.74, 6) is 0.747. The van der Waals surface area contributed by atoms with E-state index in [1.807, 2.05) is 13.8 Å². The van der Waals surface area contributed by atoms with Crippen molar-refractivity contribution in [2.45, 2.75) is 32.4 Å². The van der Waals surface area contributed by atoms with E-state index < -0.39 is 10.8 Å². The third kappa shape index (κ3) is 6.62. The summed E-state index contributed by atoms with van der Waals surface area (Å²) in [6, 6.07) is 0.0353. The maximum absolute atomic E-state index is 11.5. The predicted molar refractivity (Wildman–Crippen MR) is 64.3 cm³/mol. The van der Waals surface area contributed by atoms with Crippen LogP contribution in [0.1, 0.15) is 20.3 Å². The first-order valence-electron chi connectivity index (χ1n) is 5.11. The van der Waals surface area contributed by atoms with Crippen LogP contribution in [0.3, 0.4) is 0 Å². The van der Waals surface area contributed by atoms with E-state index in [2.05, 4.69) is 5.32 Å². The highest BCUT2D eigenvalue weighted by atomic mass is 32.2. The average Bonchev–Trinajstić information content (AvgIpc) is 2.13. The van der Waals surface area contributed by atoms with Crippen molar-refractivity contribution in [3.8, 4) is 0 Å². The largest absolute Gasteiger partial charge is 0.347 e. The molecule has 1 N–H and O–H groups in total. The number of amides is 1. The monoisotopic (exact) mass is 234 g/mol. The molecule has 0 spiro atoms. The topological polar surface area (TPSA) is 49.4 Å². The molecule has 0 radical (unpaired) electrons. The van der Waals surface area contributed by atoms with Crippen molar-refractivity contribution >= 4 is 16.7 Å². The maximum atomic E-state index is 11.5. The van der Waals surface area contributed by atoms with E-state index in [-0.39, 0.29) is 18.0 Å². The van der Waals surface area contributed by atoms with Crippen LogP contribution in [0.25, 0.3) is 0 Å². The lowest BCUT2D eigenvalue weighted by Crippen LogP contribution is -2.45. The zero-order chi connectivity index (χ0) is 12.0. The van der Waals surface area contributed by atoms with Gasteiger partial charge in [-0.1, -0.05) is 0 Å². The van der Waals surface area contributed by atoms with Crippen molar-refractivity contribution < 1.29 is 9.00 Å². The minimum absolute atomic E-state index is 0.0690. The highest BCUT2D eigenvalue weighted by molar-refractivity contribution is 7.84. The summed E-state index contributed by atoms with van der Waals surface area (Å²) in [5, 5.41) is 3.19. The standard InChI is InChI=1S/C10H22N2O2S/c1-8(6-7-15(5)14)11-9(2)10(13)12(3)4/h8-9,11H,6-7H2,1-5H3. The fourth-order valence-electron chi connectivity index (χ4n) is 1.31. The summed E-state index contributed by atoms with van der Waals surface area (Å²) in [4.78, 5) is 13.1. The minimum atomic E-state index is -0.756. The van der Waals surface area contributed by atoms with Crippen LogP contribution in [0.2, 0.25) is 0 Å². The molecule has 0 fully saturated rings. The molecular formula is C10H22N2O2S. The molecule has 0 bridgehead atoms. The molecule has 0 aromatic rings. The lowest BCUT2D eigenvalue weighted by Gasteiger charge is -2.21. The molecule has 0 aromatic heterocycles. The van der Waals surface area contributed by atoms with Gasteiger partial charge in [-0.05, 0) is 20.3 Å². The Labute approximate surface area is 94.9 Å². The van der Waals surface area contributed by atoms with Crippen molar-refractivity contribution in [2.24, 2.45) is 0 Å². The second-order valence-electron chi connectivity index (χ2n) is 4.09. The van der Waals surface area contributed by atoms with E-state index in [9.17, 15) is 9.00 Å². The van der Waals surface area contributed by atoms with E-state index in [0.29, 0.717) is 5.75 Å². The zero-order valence-electron chi connectivity index (χ0n) is 10.2. The molecule has 4 nitrogen and oxygen atoms in total. The zero-order valence-corrected chi connectivity index (χ0v) is 11.1. The summed E-state index contributed by atoms with van der Waals surface area (Å²) in [6.45, 7) is 3.86.